The minimum Gasteiger partial charge on any atom is -0.459 e. The summed E-state index contributed by atoms with van der Waals surface area (Å²) in [4.78, 5) is 24.4. The molecule has 0 spiro atoms. The molecule has 0 aromatic heterocycles. The summed E-state index contributed by atoms with van der Waals surface area (Å²) in [6.45, 7) is 8.13. The molecule has 0 bridgehead atoms. The normalized spacial score (nSPS) is 13.2. The Labute approximate surface area is 249 Å². The molecule has 0 saturated carbocycles. The number of carbonyl (C=O) groups excluding carboxylic acids is 2. The number of rotatable bonds is 29. The molecule has 2 atom stereocenters. The van der Waals surface area contributed by atoms with Gasteiger partial charge >= 0.3 is 11.9 Å². The topological polar surface area (TPSA) is 52.6 Å². The van der Waals surface area contributed by atoms with Crippen LogP contribution < -0.4 is 0 Å². The Morgan fingerprint density at radius 3 is 1.02 bits per heavy atom. The summed E-state index contributed by atoms with van der Waals surface area (Å²) in [5, 5.41) is 0. The fourth-order valence-corrected chi connectivity index (χ4v) is 4.70. The van der Waals surface area contributed by atoms with E-state index < -0.39 is 12.2 Å². The number of hydrogen-bond acceptors (Lipinski definition) is 4. The first-order valence-corrected chi connectivity index (χ1v) is 17.2. The molecule has 0 saturated heterocycles. The Bertz CT molecular complexity index is 570. The van der Waals surface area contributed by atoms with Crippen molar-refractivity contribution < 1.29 is 19.1 Å². The minimum absolute atomic E-state index is 0.191. The van der Waals surface area contributed by atoms with Crippen molar-refractivity contribution in [3.63, 3.8) is 0 Å². The van der Waals surface area contributed by atoms with Crippen LogP contribution in [-0.4, -0.2) is 24.1 Å². The molecule has 0 fully saturated rings. The van der Waals surface area contributed by atoms with Crippen molar-refractivity contribution in [2.45, 2.75) is 194 Å². The molecule has 0 aliphatic carbocycles. The zero-order valence-electron chi connectivity index (χ0n) is 27.1. The number of esters is 2. The maximum atomic E-state index is 12.2. The Kier molecular flexibility index (Phi) is 29.2. The van der Waals surface area contributed by atoms with Crippen molar-refractivity contribution in [2.24, 2.45) is 0 Å². The molecule has 40 heavy (non-hydrogen) atoms. The van der Waals surface area contributed by atoms with E-state index >= 15 is 0 Å². The molecule has 0 N–H and O–H groups in total. The minimum atomic E-state index is -0.415. The van der Waals surface area contributed by atoms with Crippen LogP contribution in [0.1, 0.15) is 182 Å². The number of hydrogen-bond donors (Lipinski definition) is 0. The van der Waals surface area contributed by atoms with Crippen LogP contribution in [0.15, 0.2) is 24.3 Å². The van der Waals surface area contributed by atoms with Gasteiger partial charge in [-0.05, 0) is 78.1 Å². The van der Waals surface area contributed by atoms with E-state index in [1.807, 2.05) is 13.8 Å². The molecule has 0 aliphatic heterocycles. The average molecular weight is 563 g/mol. The van der Waals surface area contributed by atoms with Crippen LogP contribution >= 0.6 is 0 Å². The Morgan fingerprint density at radius 1 is 0.450 bits per heavy atom. The summed E-state index contributed by atoms with van der Waals surface area (Å²) in [6.07, 6.45) is 35.9. The van der Waals surface area contributed by atoms with Crippen molar-refractivity contribution in [2.75, 3.05) is 0 Å². The van der Waals surface area contributed by atoms with Crippen LogP contribution in [0, 0.1) is 0 Å². The van der Waals surface area contributed by atoms with Gasteiger partial charge in [-0.25, -0.2) is 0 Å². The summed E-state index contributed by atoms with van der Waals surface area (Å²) >= 11 is 0. The lowest BCUT2D eigenvalue weighted by Crippen LogP contribution is -2.30. The Hall–Kier alpha value is -1.58. The van der Waals surface area contributed by atoms with Crippen molar-refractivity contribution >= 4 is 11.9 Å². The first-order valence-electron chi connectivity index (χ1n) is 17.2. The number of ether oxygens (including phenoxy) is 2. The second-order valence-corrected chi connectivity index (χ2v) is 11.6. The first-order chi connectivity index (χ1) is 19.5. The molecule has 4 heteroatoms. The summed E-state index contributed by atoms with van der Waals surface area (Å²) in [7, 11) is 0. The van der Waals surface area contributed by atoms with Gasteiger partial charge in [0.25, 0.3) is 0 Å². The van der Waals surface area contributed by atoms with Gasteiger partial charge in [-0.1, -0.05) is 115 Å². The lowest BCUT2D eigenvalue weighted by atomic mass is 10.1. The van der Waals surface area contributed by atoms with Crippen LogP contribution in [0.3, 0.4) is 0 Å². The van der Waals surface area contributed by atoms with E-state index in [-0.39, 0.29) is 11.9 Å². The first kappa shape index (κ1) is 38.4. The maximum Gasteiger partial charge on any atom is 0.306 e. The van der Waals surface area contributed by atoms with E-state index in [4.69, 9.17) is 9.47 Å². The molecule has 0 amide bonds. The van der Waals surface area contributed by atoms with E-state index in [9.17, 15) is 9.59 Å². The van der Waals surface area contributed by atoms with E-state index in [1.165, 1.54) is 89.9 Å². The highest BCUT2D eigenvalue weighted by atomic mass is 16.6. The molecule has 0 aliphatic rings. The van der Waals surface area contributed by atoms with Gasteiger partial charge < -0.3 is 9.47 Å². The molecule has 0 aromatic carbocycles. The number of unbranched alkanes of at least 4 members (excludes halogenated alkanes) is 18. The largest absolute Gasteiger partial charge is 0.459 e. The van der Waals surface area contributed by atoms with Crippen LogP contribution in [0.4, 0.5) is 0 Å². The third kappa shape index (κ3) is 28.0. The standard InChI is InChI=1S/C36H66O4/c1-5-7-9-11-13-15-17-19-21-23-25-27-29-31-35(37)39-33(3)34(4)40-36(38)32-30-28-26-24-22-20-18-16-14-12-10-8-6-2/h17-20,33-34H,5-16,21-32H2,1-4H3/b19-17+,20-18+/t33-,34+. The van der Waals surface area contributed by atoms with Gasteiger partial charge in [-0.2, -0.15) is 0 Å². The maximum absolute atomic E-state index is 12.2. The lowest BCUT2D eigenvalue weighted by molar-refractivity contribution is -0.165. The highest BCUT2D eigenvalue weighted by Crippen LogP contribution is 2.13. The lowest BCUT2D eigenvalue weighted by Gasteiger charge is -2.21. The quantitative estimate of drug-likeness (QED) is 0.0517. The summed E-state index contributed by atoms with van der Waals surface area (Å²) < 4.78 is 11.0. The molecule has 234 valence electrons. The Morgan fingerprint density at radius 2 is 0.725 bits per heavy atom. The molecule has 0 unspecified atom stereocenters. The van der Waals surface area contributed by atoms with Crippen LogP contribution in [-0.2, 0) is 19.1 Å². The van der Waals surface area contributed by atoms with Gasteiger partial charge in [0.2, 0.25) is 0 Å². The van der Waals surface area contributed by atoms with Crippen molar-refractivity contribution in [3.8, 4) is 0 Å². The van der Waals surface area contributed by atoms with E-state index in [1.54, 1.807) is 0 Å². The average Bonchev–Trinajstić information content (AvgIpc) is 2.93. The summed E-state index contributed by atoms with van der Waals surface area (Å²) in [5.41, 5.74) is 0. The fraction of sp³-hybridized carbons (Fsp3) is 0.833. The van der Waals surface area contributed by atoms with E-state index in [0.29, 0.717) is 12.8 Å². The molecule has 0 rings (SSSR count). The highest BCUT2D eigenvalue weighted by molar-refractivity contribution is 5.70. The number of carbonyl (C=O) groups is 2. The van der Waals surface area contributed by atoms with Crippen LogP contribution in [0.25, 0.3) is 0 Å². The highest BCUT2D eigenvalue weighted by Gasteiger charge is 2.20. The fourth-order valence-electron chi connectivity index (χ4n) is 4.70. The third-order valence-corrected chi connectivity index (χ3v) is 7.58. The molecular weight excluding hydrogens is 496 g/mol. The predicted octanol–water partition coefficient (Wildman–Crippen LogP) is 11.4. The van der Waals surface area contributed by atoms with Gasteiger partial charge in [0.15, 0.2) is 0 Å². The SMILES string of the molecule is CCCCCCC/C=C/CCCCCCC(=O)O[C@@H](C)[C@@H](C)OC(=O)CCCCCC/C=C/CCCCCCC. The van der Waals surface area contributed by atoms with Gasteiger partial charge in [-0.3, -0.25) is 9.59 Å². The van der Waals surface area contributed by atoms with Crippen molar-refractivity contribution in [1.29, 1.82) is 0 Å². The monoisotopic (exact) mass is 562 g/mol. The van der Waals surface area contributed by atoms with Gasteiger partial charge in [0.05, 0.1) is 0 Å². The second-order valence-electron chi connectivity index (χ2n) is 11.6. The molecule has 4 nitrogen and oxygen atoms in total. The number of allylic oxidation sites excluding steroid dienone is 4. The summed E-state index contributed by atoms with van der Waals surface area (Å²) in [5.74, 6) is -0.382. The second kappa shape index (κ2) is 30.4. The van der Waals surface area contributed by atoms with Gasteiger partial charge in [0.1, 0.15) is 12.2 Å². The predicted molar refractivity (Wildman–Crippen MR) is 172 cm³/mol. The van der Waals surface area contributed by atoms with Crippen molar-refractivity contribution in [1.82, 2.24) is 0 Å². The van der Waals surface area contributed by atoms with Gasteiger partial charge in [-0.15, -0.1) is 0 Å². The molecular formula is C36H66O4. The molecule has 0 radical (unpaired) electrons. The molecule has 0 heterocycles. The van der Waals surface area contributed by atoms with Crippen LogP contribution in [0.2, 0.25) is 0 Å². The smallest absolute Gasteiger partial charge is 0.306 e. The molecule has 0 aromatic rings. The van der Waals surface area contributed by atoms with E-state index in [0.717, 1.165) is 51.4 Å². The third-order valence-electron chi connectivity index (χ3n) is 7.58. The van der Waals surface area contributed by atoms with Gasteiger partial charge in [0, 0.05) is 12.8 Å². The van der Waals surface area contributed by atoms with Crippen LogP contribution in [0.5, 0.6) is 0 Å². The zero-order valence-corrected chi connectivity index (χ0v) is 27.1. The Balaban J connectivity index is 3.64. The summed E-state index contributed by atoms with van der Waals surface area (Å²) in [6, 6.07) is 0. The van der Waals surface area contributed by atoms with E-state index in [2.05, 4.69) is 38.2 Å². The zero-order chi connectivity index (χ0) is 29.5. The van der Waals surface area contributed by atoms with Crippen molar-refractivity contribution in [3.05, 3.63) is 24.3 Å².